The molecule has 0 unspecified atom stereocenters. The summed E-state index contributed by atoms with van der Waals surface area (Å²) in [6.45, 7) is 2.15. The Morgan fingerprint density at radius 1 is 1.29 bits per heavy atom. The Bertz CT molecular complexity index is 399. The molecule has 0 bridgehead atoms. The summed E-state index contributed by atoms with van der Waals surface area (Å²) in [5, 5.41) is 9.24. The molecule has 3 nitrogen and oxygen atoms in total. The van der Waals surface area contributed by atoms with Crippen LogP contribution in [-0.2, 0) is 13.0 Å². The van der Waals surface area contributed by atoms with Crippen LogP contribution in [0.15, 0.2) is 6.20 Å². The summed E-state index contributed by atoms with van der Waals surface area (Å²) in [7, 11) is 0. The van der Waals surface area contributed by atoms with Gasteiger partial charge in [0.1, 0.15) is 5.82 Å². The number of nitrogens with zero attached hydrogens (tertiary/aromatic N) is 2. The van der Waals surface area contributed by atoms with Gasteiger partial charge >= 0.3 is 0 Å². The lowest BCUT2D eigenvalue weighted by Gasteiger charge is -2.15. The molecule has 0 aromatic carbocycles. The molecule has 2 fully saturated rings. The topological polar surface area (TPSA) is 46.0 Å². The van der Waals surface area contributed by atoms with Crippen molar-refractivity contribution in [2.75, 3.05) is 0 Å². The number of hydrogen-bond donors (Lipinski definition) is 1. The first-order valence-electron chi connectivity index (χ1n) is 6.79. The fourth-order valence-electron chi connectivity index (χ4n) is 2.77. The molecule has 2 aliphatic carbocycles. The number of rotatable bonds is 5. The summed E-state index contributed by atoms with van der Waals surface area (Å²) in [5.41, 5.74) is 1.92. The Morgan fingerprint density at radius 3 is 2.41 bits per heavy atom. The van der Waals surface area contributed by atoms with Crippen LogP contribution in [0.25, 0.3) is 0 Å². The first-order chi connectivity index (χ1) is 8.33. The molecule has 2 saturated carbocycles. The second-order valence-corrected chi connectivity index (χ2v) is 5.41. The number of hydrogen-bond acceptors (Lipinski definition) is 3. The number of aryl methyl sites for hydroxylation is 1. The number of aromatic nitrogens is 2. The predicted octanol–water partition coefficient (Wildman–Crippen LogP) is 2.43. The van der Waals surface area contributed by atoms with Gasteiger partial charge < -0.3 is 5.11 Å². The molecule has 0 saturated heterocycles. The Labute approximate surface area is 102 Å². The van der Waals surface area contributed by atoms with E-state index >= 15 is 0 Å². The molecule has 2 aliphatic rings. The van der Waals surface area contributed by atoms with E-state index in [0.717, 1.165) is 35.3 Å². The van der Waals surface area contributed by atoms with Crippen LogP contribution in [0.2, 0.25) is 0 Å². The van der Waals surface area contributed by atoms with Crippen molar-refractivity contribution in [3.05, 3.63) is 23.3 Å². The van der Waals surface area contributed by atoms with Crippen molar-refractivity contribution in [1.29, 1.82) is 0 Å². The van der Waals surface area contributed by atoms with Crippen LogP contribution < -0.4 is 0 Å². The van der Waals surface area contributed by atoms with Crippen LogP contribution in [-0.4, -0.2) is 15.1 Å². The van der Waals surface area contributed by atoms with Crippen molar-refractivity contribution in [3.63, 3.8) is 0 Å². The average molecular weight is 232 g/mol. The van der Waals surface area contributed by atoms with Crippen molar-refractivity contribution >= 4 is 0 Å². The highest BCUT2D eigenvalue weighted by molar-refractivity contribution is 5.20. The maximum absolute atomic E-state index is 9.24. The second-order valence-electron chi connectivity index (χ2n) is 5.41. The van der Waals surface area contributed by atoms with Gasteiger partial charge in [0, 0.05) is 23.4 Å². The van der Waals surface area contributed by atoms with Gasteiger partial charge in [0.05, 0.1) is 6.61 Å². The second kappa shape index (κ2) is 4.37. The van der Waals surface area contributed by atoms with Crippen LogP contribution >= 0.6 is 0 Å². The third-order valence-electron chi connectivity index (χ3n) is 4.04. The van der Waals surface area contributed by atoms with Crippen LogP contribution in [0, 0.1) is 11.8 Å². The number of aliphatic hydroxyl groups excluding tert-OH is 1. The van der Waals surface area contributed by atoms with Crippen molar-refractivity contribution in [3.8, 4) is 0 Å². The highest BCUT2D eigenvalue weighted by Crippen LogP contribution is 2.53. The van der Waals surface area contributed by atoms with Crippen molar-refractivity contribution < 1.29 is 5.11 Å². The van der Waals surface area contributed by atoms with E-state index in [0.29, 0.717) is 5.92 Å². The first-order valence-corrected chi connectivity index (χ1v) is 6.79. The zero-order valence-electron chi connectivity index (χ0n) is 10.4. The summed E-state index contributed by atoms with van der Waals surface area (Å²) in [5.74, 6) is 3.33. The van der Waals surface area contributed by atoms with Gasteiger partial charge in [-0.05, 0) is 43.9 Å². The van der Waals surface area contributed by atoms with Gasteiger partial charge in [-0.2, -0.15) is 0 Å². The van der Waals surface area contributed by atoms with E-state index in [4.69, 9.17) is 4.98 Å². The molecule has 0 aliphatic heterocycles. The summed E-state index contributed by atoms with van der Waals surface area (Å²) < 4.78 is 0. The Kier molecular flexibility index (Phi) is 2.87. The lowest BCUT2D eigenvalue weighted by atomic mass is 9.96. The van der Waals surface area contributed by atoms with Gasteiger partial charge in [0.25, 0.3) is 0 Å². The maximum atomic E-state index is 9.24. The normalized spacial score (nSPS) is 19.9. The van der Waals surface area contributed by atoms with Gasteiger partial charge in [-0.15, -0.1) is 0 Å². The summed E-state index contributed by atoms with van der Waals surface area (Å²) in [4.78, 5) is 9.22. The van der Waals surface area contributed by atoms with Gasteiger partial charge in [-0.3, -0.25) is 0 Å². The minimum atomic E-state index is 0.0565. The van der Waals surface area contributed by atoms with Crippen molar-refractivity contribution in [1.82, 2.24) is 9.97 Å². The fourth-order valence-corrected chi connectivity index (χ4v) is 2.77. The van der Waals surface area contributed by atoms with Crippen LogP contribution in [0.1, 0.15) is 55.6 Å². The SMILES string of the molecule is CCc1nc(C(C2CC2)C2CC2)ncc1CO. The van der Waals surface area contributed by atoms with E-state index in [9.17, 15) is 5.11 Å². The van der Waals surface area contributed by atoms with Crippen molar-refractivity contribution in [2.24, 2.45) is 11.8 Å². The van der Waals surface area contributed by atoms with Crippen LogP contribution in [0.3, 0.4) is 0 Å². The quantitative estimate of drug-likeness (QED) is 0.848. The molecule has 3 heteroatoms. The first kappa shape index (κ1) is 11.1. The van der Waals surface area contributed by atoms with Gasteiger partial charge in [-0.25, -0.2) is 9.97 Å². The molecule has 17 heavy (non-hydrogen) atoms. The Hall–Kier alpha value is -0.960. The summed E-state index contributed by atoms with van der Waals surface area (Å²) >= 11 is 0. The van der Waals surface area contributed by atoms with Crippen LogP contribution in [0.4, 0.5) is 0 Å². The standard InChI is InChI=1S/C14H20N2O/c1-2-12-11(8-17)7-15-14(16-12)13(9-3-4-9)10-5-6-10/h7,9-10,13,17H,2-6,8H2,1H3. The molecule has 1 aromatic heterocycles. The minimum Gasteiger partial charge on any atom is -0.392 e. The minimum absolute atomic E-state index is 0.0565. The van der Waals surface area contributed by atoms with Gasteiger partial charge in [0.2, 0.25) is 0 Å². The van der Waals surface area contributed by atoms with E-state index in [-0.39, 0.29) is 6.61 Å². The van der Waals surface area contributed by atoms with Gasteiger partial charge in [-0.1, -0.05) is 6.92 Å². The van der Waals surface area contributed by atoms with Gasteiger partial charge in [0.15, 0.2) is 0 Å². The largest absolute Gasteiger partial charge is 0.392 e. The zero-order valence-corrected chi connectivity index (χ0v) is 10.4. The zero-order chi connectivity index (χ0) is 11.8. The highest BCUT2D eigenvalue weighted by Gasteiger charge is 2.43. The predicted molar refractivity (Wildman–Crippen MR) is 65.5 cm³/mol. The van der Waals surface area contributed by atoms with E-state index in [2.05, 4.69) is 11.9 Å². The average Bonchev–Trinajstić information content (AvgIpc) is 3.23. The molecule has 0 atom stereocenters. The molecular formula is C14H20N2O. The molecule has 0 amide bonds. The smallest absolute Gasteiger partial charge is 0.132 e. The van der Waals surface area contributed by atoms with E-state index in [1.807, 2.05) is 6.20 Å². The lowest BCUT2D eigenvalue weighted by molar-refractivity contribution is 0.279. The lowest BCUT2D eigenvalue weighted by Crippen LogP contribution is -2.12. The molecule has 0 radical (unpaired) electrons. The molecule has 0 spiro atoms. The number of aliphatic hydroxyl groups is 1. The van der Waals surface area contributed by atoms with Crippen LogP contribution in [0.5, 0.6) is 0 Å². The molecule has 1 aromatic rings. The Morgan fingerprint density at radius 2 is 1.94 bits per heavy atom. The van der Waals surface area contributed by atoms with E-state index < -0.39 is 0 Å². The molecule has 92 valence electrons. The molecule has 1 heterocycles. The molecule has 1 N–H and O–H groups in total. The maximum Gasteiger partial charge on any atom is 0.132 e. The highest BCUT2D eigenvalue weighted by atomic mass is 16.3. The third kappa shape index (κ3) is 2.21. The molecule has 3 rings (SSSR count). The molecular weight excluding hydrogens is 212 g/mol. The fraction of sp³-hybridized carbons (Fsp3) is 0.714. The summed E-state index contributed by atoms with van der Waals surface area (Å²) in [6, 6.07) is 0. The van der Waals surface area contributed by atoms with E-state index in [1.165, 1.54) is 25.7 Å². The monoisotopic (exact) mass is 232 g/mol. The third-order valence-corrected chi connectivity index (χ3v) is 4.04. The van der Waals surface area contributed by atoms with E-state index in [1.54, 1.807) is 0 Å². The summed E-state index contributed by atoms with van der Waals surface area (Å²) in [6.07, 6.45) is 8.13. The van der Waals surface area contributed by atoms with Crippen molar-refractivity contribution in [2.45, 2.75) is 51.6 Å². The Balaban J connectivity index is 1.90.